The third kappa shape index (κ3) is 5.40. The summed E-state index contributed by atoms with van der Waals surface area (Å²) in [5, 5.41) is 15.5. The Morgan fingerprint density at radius 2 is 1.97 bits per heavy atom. The molecule has 0 saturated carbocycles. The van der Waals surface area contributed by atoms with E-state index in [0.717, 1.165) is 11.1 Å². The number of β-amino-alcohol motifs (C(OH)–C–C–N with tert-alkyl or cyclic N) is 1. The Kier molecular flexibility index (Phi) is 7.17. The first-order valence-electron chi connectivity index (χ1n) is 10.8. The molecule has 10 heteroatoms. The SMILES string of the molecule is CNC(=O)c1ccc(-c2cnc(N3CCC(O)C3)nc2)cc1NCc1ccccc1OC(F)F. The molecule has 1 amide bonds. The minimum absolute atomic E-state index is 0.0682. The molecular formula is C24H25F2N5O3. The van der Waals surface area contributed by atoms with E-state index in [2.05, 4.69) is 25.3 Å². The molecule has 34 heavy (non-hydrogen) atoms. The molecule has 8 nitrogen and oxygen atoms in total. The summed E-state index contributed by atoms with van der Waals surface area (Å²) in [6, 6.07) is 11.8. The Morgan fingerprint density at radius 1 is 1.21 bits per heavy atom. The van der Waals surface area contributed by atoms with Gasteiger partial charge in [0.1, 0.15) is 5.75 Å². The van der Waals surface area contributed by atoms with Crippen LogP contribution in [-0.2, 0) is 6.54 Å². The summed E-state index contributed by atoms with van der Waals surface area (Å²) in [5.41, 5.74) is 2.98. The van der Waals surface area contributed by atoms with Crippen molar-refractivity contribution in [3.8, 4) is 16.9 Å². The van der Waals surface area contributed by atoms with Crippen molar-refractivity contribution < 1.29 is 23.4 Å². The van der Waals surface area contributed by atoms with Crippen LogP contribution in [0, 0.1) is 0 Å². The summed E-state index contributed by atoms with van der Waals surface area (Å²) in [6.07, 6.45) is 3.70. The van der Waals surface area contributed by atoms with Gasteiger partial charge in [-0.3, -0.25) is 4.79 Å². The summed E-state index contributed by atoms with van der Waals surface area (Å²) in [6.45, 7) is -1.56. The molecule has 4 rings (SSSR count). The van der Waals surface area contributed by atoms with E-state index in [1.807, 2.05) is 4.90 Å². The first-order valence-corrected chi connectivity index (χ1v) is 10.8. The lowest BCUT2D eigenvalue weighted by atomic mass is 10.0. The highest BCUT2D eigenvalue weighted by Gasteiger charge is 2.22. The number of ether oxygens (including phenoxy) is 1. The number of hydrogen-bond donors (Lipinski definition) is 3. The first kappa shape index (κ1) is 23.4. The van der Waals surface area contributed by atoms with E-state index in [4.69, 9.17) is 0 Å². The van der Waals surface area contributed by atoms with Crippen LogP contribution in [0.3, 0.4) is 0 Å². The van der Waals surface area contributed by atoms with E-state index in [1.165, 1.54) is 13.1 Å². The number of anilines is 2. The molecule has 0 aliphatic carbocycles. The Labute approximate surface area is 195 Å². The number of carbonyl (C=O) groups excluding carboxylic acids is 1. The Bertz CT molecular complexity index is 1140. The van der Waals surface area contributed by atoms with E-state index < -0.39 is 6.61 Å². The highest BCUT2D eigenvalue weighted by molar-refractivity contribution is 6.00. The van der Waals surface area contributed by atoms with Crippen molar-refractivity contribution in [2.24, 2.45) is 0 Å². The summed E-state index contributed by atoms with van der Waals surface area (Å²) in [7, 11) is 1.54. The predicted molar refractivity (Wildman–Crippen MR) is 124 cm³/mol. The molecule has 2 aromatic carbocycles. The van der Waals surface area contributed by atoms with Crippen LogP contribution in [0.4, 0.5) is 20.4 Å². The molecule has 3 aromatic rings. The van der Waals surface area contributed by atoms with Crippen molar-refractivity contribution in [1.29, 1.82) is 0 Å². The van der Waals surface area contributed by atoms with Crippen LogP contribution in [0.25, 0.3) is 11.1 Å². The zero-order chi connectivity index (χ0) is 24.1. The largest absolute Gasteiger partial charge is 0.434 e. The summed E-state index contributed by atoms with van der Waals surface area (Å²) < 4.78 is 30.1. The van der Waals surface area contributed by atoms with Crippen molar-refractivity contribution in [2.75, 3.05) is 30.4 Å². The molecule has 0 radical (unpaired) electrons. The average molecular weight is 469 g/mol. The van der Waals surface area contributed by atoms with Gasteiger partial charge in [-0.15, -0.1) is 0 Å². The van der Waals surface area contributed by atoms with E-state index >= 15 is 0 Å². The van der Waals surface area contributed by atoms with Crippen LogP contribution < -0.4 is 20.3 Å². The Balaban J connectivity index is 1.58. The molecule has 1 unspecified atom stereocenters. The lowest BCUT2D eigenvalue weighted by molar-refractivity contribution is -0.0504. The van der Waals surface area contributed by atoms with Crippen molar-refractivity contribution in [1.82, 2.24) is 15.3 Å². The second-order valence-electron chi connectivity index (χ2n) is 7.84. The van der Waals surface area contributed by atoms with Crippen LogP contribution >= 0.6 is 0 Å². The number of nitrogens with one attached hydrogen (secondary N) is 2. The molecule has 1 saturated heterocycles. The number of benzene rings is 2. The second-order valence-corrected chi connectivity index (χ2v) is 7.84. The minimum Gasteiger partial charge on any atom is -0.434 e. The number of amides is 1. The molecule has 178 valence electrons. The number of rotatable bonds is 8. The minimum atomic E-state index is -2.93. The van der Waals surface area contributed by atoms with Crippen molar-refractivity contribution >= 4 is 17.5 Å². The Morgan fingerprint density at radius 3 is 2.65 bits per heavy atom. The fraction of sp³-hybridized carbons (Fsp3) is 0.292. The zero-order valence-electron chi connectivity index (χ0n) is 18.5. The van der Waals surface area contributed by atoms with Gasteiger partial charge in [-0.25, -0.2) is 9.97 Å². The summed E-state index contributed by atoms with van der Waals surface area (Å²) >= 11 is 0. The maximum atomic E-state index is 12.7. The van der Waals surface area contributed by atoms with Gasteiger partial charge >= 0.3 is 6.61 Å². The first-order chi connectivity index (χ1) is 16.4. The monoisotopic (exact) mass is 469 g/mol. The van der Waals surface area contributed by atoms with Gasteiger partial charge < -0.3 is 25.4 Å². The van der Waals surface area contributed by atoms with E-state index in [1.54, 1.807) is 48.8 Å². The highest BCUT2D eigenvalue weighted by Crippen LogP contribution is 2.28. The smallest absolute Gasteiger partial charge is 0.387 e. The number of aliphatic hydroxyl groups excluding tert-OH is 1. The van der Waals surface area contributed by atoms with Gasteiger partial charge in [0.15, 0.2) is 0 Å². The van der Waals surface area contributed by atoms with Crippen molar-refractivity contribution in [2.45, 2.75) is 25.7 Å². The maximum Gasteiger partial charge on any atom is 0.387 e. The molecule has 1 aliphatic heterocycles. The topological polar surface area (TPSA) is 99.6 Å². The van der Waals surface area contributed by atoms with Crippen molar-refractivity contribution in [3.63, 3.8) is 0 Å². The van der Waals surface area contributed by atoms with Crippen LogP contribution in [0.1, 0.15) is 22.3 Å². The Hall–Kier alpha value is -3.79. The zero-order valence-corrected chi connectivity index (χ0v) is 18.5. The molecule has 2 heterocycles. The lowest BCUT2D eigenvalue weighted by Crippen LogP contribution is -2.23. The summed E-state index contributed by atoms with van der Waals surface area (Å²) in [4.78, 5) is 23.2. The van der Waals surface area contributed by atoms with Crippen LogP contribution in [-0.4, -0.2) is 53.8 Å². The van der Waals surface area contributed by atoms with Gasteiger partial charge in [-0.2, -0.15) is 8.78 Å². The number of carbonyl (C=O) groups is 1. The number of halogens is 2. The van der Waals surface area contributed by atoms with Gasteiger partial charge in [-0.05, 0) is 30.2 Å². The lowest BCUT2D eigenvalue weighted by Gasteiger charge is -2.16. The maximum absolute atomic E-state index is 12.7. The molecular weight excluding hydrogens is 444 g/mol. The van der Waals surface area contributed by atoms with Gasteiger partial charge in [0.2, 0.25) is 5.95 Å². The quantitative estimate of drug-likeness (QED) is 0.466. The second kappa shape index (κ2) is 10.4. The van der Waals surface area contributed by atoms with Gasteiger partial charge in [0.05, 0.1) is 11.7 Å². The molecule has 1 atom stereocenters. The average Bonchev–Trinajstić information content (AvgIpc) is 3.29. The molecule has 1 aliphatic rings. The number of hydrogen-bond acceptors (Lipinski definition) is 7. The molecule has 0 bridgehead atoms. The molecule has 1 fully saturated rings. The van der Waals surface area contributed by atoms with Crippen LogP contribution in [0.15, 0.2) is 54.9 Å². The fourth-order valence-corrected chi connectivity index (χ4v) is 3.81. The van der Waals surface area contributed by atoms with Gasteiger partial charge in [0.25, 0.3) is 5.91 Å². The number of aromatic nitrogens is 2. The van der Waals surface area contributed by atoms with Crippen LogP contribution in [0.5, 0.6) is 5.75 Å². The van der Waals surface area contributed by atoms with E-state index in [9.17, 15) is 18.7 Å². The molecule has 1 aromatic heterocycles. The number of aliphatic hydroxyl groups is 1. The highest BCUT2D eigenvalue weighted by atomic mass is 19.3. The molecule has 3 N–H and O–H groups in total. The van der Waals surface area contributed by atoms with E-state index in [0.29, 0.717) is 42.3 Å². The van der Waals surface area contributed by atoms with Gasteiger partial charge in [-0.1, -0.05) is 24.3 Å². The number of nitrogens with zero attached hydrogens (tertiary/aromatic N) is 3. The standard InChI is InChI=1S/C24H25F2N5O3/c1-27-22(33)19-7-6-15(17-12-29-24(30-13-17)31-9-8-18(32)14-31)10-20(19)28-11-16-4-2-3-5-21(16)34-23(25)26/h2-7,10,12-13,18,23,28,32H,8-9,11,14H2,1H3,(H,27,33). The third-order valence-corrected chi connectivity index (χ3v) is 5.57. The van der Waals surface area contributed by atoms with E-state index in [-0.39, 0.29) is 24.3 Å². The van der Waals surface area contributed by atoms with Crippen LogP contribution in [0.2, 0.25) is 0 Å². The fourth-order valence-electron chi connectivity index (χ4n) is 3.81. The number of alkyl halides is 2. The predicted octanol–water partition coefficient (Wildman–Crippen LogP) is 3.29. The van der Waals surface area contributed by atoms with Crippen molar-refractivity contribution in [3.05, 3.63) is 66.0 Å². The third-order valence-electron chi connectivity index (χ3n) is 5.57. The number of para-hydroxylation sites is 1. The van der Waals surface area contributed by atoms with Gasteiger partial charge in [0, 0.05) is 55.9 Å². The summed E-state index contributed by atoms with van der Waals surface area (Å²) in [5.74, 6) is 0.334. The molecule has 0 spiro atoms. The normalized spacial score (nSPS) is 15.4.